The van der Waals surface area contributed by atoms with Gasteiger partial charge >= 0.3 is 6.03 Å². The van der Waals surface area contributed by atoms with Gasteiger partial charge in [-0.1, -0.05) is 31.9 Å². The standard InChI is InChI=1S/C8H8Br2N2O/c1-11-8(13)12-7-3-5(9)2-6(10)4-7/h2-4H,1H3,(H2,11,12,13). The van der Waals surface area contributed by atoms with Crippen LogP contribution in [0.3, 0.4) is 0 Å². The van der Waals surface area contributed by atoms with Crippen molar-refractivity contribution in [3.63, 3.8) is 0 Å². The second kappa shape index (κ2) is 4.62. The topological polar surface area (TPSA) is 41.1 Å². The fraction of sp³-hybridized carbons (Fsp3) is 0.125. The predicted octanol–water partition coefficient (Wildman–Crippen LogP) is 2.96. The maximum absolute atomic E-state index is 11.0. The van der Waals surface area contributed by atoms with Gasteiger partial charge in [0, 0.05) is 21.7 Å². The molecule has 1 aromatic rings. The summed E-state index contributed by atoms with van der Waals surface area (Å²) in [5.41, 5.74) is 0.737. The van der Waals surface area contributed by atoms with Crippen LogP contribution in [0.25, 0.3) is 0 Å². The number of carbonyl (C=O) groups excluding carboxylic acids is 1. The number of amides is 2. The van der Waals surface area contributed by atoms with Crippen molar-refractivity contribution in [1.29, 1.82) is 0 Å². The summed E-state index contributed by atoms with van der Waals surface area (Å²) in [6.07, 6.45) is 0. The molecule has 0 saturated heterocycles. The third-order valence-corrected chi connectivity index (χ3v) is 2.26. The molecule has 1 aromatic carbocycles. The van der Waals surface area contributed by atoms with E-state index in [1.807, 2.05) is 18.2 Å². The molecule has 0 bridgehead atoms. The zero-order valence-electron chi connectivity index (χ0n) is 6.90. The Balaban J connectivity index is 2.83. The number of urea groups is 1. The molecule has 2 amide bonds. The molecule has 70 valence electrons. The first-order valence-electron chi connectivity index (χ1n) is 3.56. The van der Waals surface area contributed by atoms with Gasteiger partial charge in [-0.25, -0.2) is 4.79 Å². The highest BCUT2D eigenvalue weighted by molar-refractivity contribution is 9.11. The molecule has 3 nitrogen and oxygen atoms in total. The van der Waals surface area contributed by atoms with Crippen molar-refractivity contribution in [2.45, 2.75) is 0 Å². The van der Waals surface area contributed by atoms with E-state index in [0.29, 0.717) is 0 Å². The van der Waals surface area contributed by atoms with Crippen LogP contribution in [0.15, 0.2) is 27.1 Å². The minimum atomic E-state index is -0.231. The third-order valence-electron chi connectivity index (χ3n) is 1.35. The fourth-order valence-electron chi connectivity index (χ4n) is 0.820. The van der Waals surface area contributed by atoms with Gasteiger partial charge in [0.25, 0.3) is 0 Å². The van der Waals surface area contributed by atoms with Crippen molar-refractivity contribution >= 4 is 43.6 Å². The van der Waals surface area contributed by atoms with E-state index in [1.165, 1.54) is 0 Å². The molecular weight excluding hydrogens is 300 g/mol. The molecule has 0 aliphatic carbocycles. The van der Waals surface area contributed by atoms with Gasteiger partial charge in [0.05, 0.1) is 0 Å². The summed E-state index contributed by atoms with van der Waals surface area (Å²) in [5.74, 6) is 0. The normalized spacial score (nSPS) is 9.46. The average Bonchev–Trinajstić information content (AvgIpc) is 2.02. The minimum absolute atomic E-state index is 0.231. The van der Waals surface area contributed by atoms with Crippen LogP contribution in [0.4, 0.5) is 10.5 Å². The van der Waals surface area contributed by atoms with E-state index in [-0.39, 0.29) is 6.03 Å². The Morgan fingerprint density at radius 2 is 1.77 bits per heavy atom. The van der Waals surface area contributed by atoms with Gasteiger partial charge in [0.15, 0.2) is 0 Å². The van der Waals surface area contributed by atoms with Crippen LogP contribution in [-0.4, -0.2) is 13.1 Å². The molecular formula is C8H8Br2N2O. The van der Waals surface area contributed by atoms with Crippen LogP contribution in [0.2, 0.25) is 0 Å². The van der Waals surface area contributed by atoms with E-state index in [4.69, 9.17) is 0 Å². The van der Waals surface area contributed by atoms with E-state index < -0.39 is 0 Å². The molecule has 0 aromatic heterocycles. The molecule has 0 fully saturated rings. The minimum Gasteiger partial charge on any atom is -0.341 e. The first-order chi connectivity index (χ1) is 6.11. The Kier molecular flexibility index (Phi) is 3.74. The van der Waals surface area contributed by atoms with E-state index in [1.54, 1.807) is 7.05 Å². The zero-order chi connectivity index (χ0) is 9.84. The second-order valence-electron chi connectivity index (χ2n) is 2.36. The maximum Gasteiger partial charge on any atom is 0.318 e. The molecule has 0 atom stereocenters. The molecule has 1 rings (SSSR count). The summed E-state index contributed by atoms with van der Waals surface area (Å²) < 4.78 is 1.82. The van der Waals surface area contributed by atoms with Gasteiger partial charge in [-0.3, -0.25) is 0 Å². The van der Waals surface area contributed by atoms with Crippen LogP contribution in [0.1, 0.15) is 0 Å². The monoisotopic (exact) mass is 306 g/mol. The van der Waals surface area contributed by atoms with Crippen LogP contribution >= 0.6 is 31.9 Å². The number of carbonyl (C=O) groups is 1. The van der Waals surface area contributed by atoms with E-state index in [2.05, 4.69) is 42.5 Å². The van der Waals surface area contributed by atoms with E-state index >= 15 is 0 Å². The molecule has 2 N–H and O–H groups in total. The summed E-state index contributed by atoms with van der Waals surface area (Å²) in [6.45, 7) is 0. The Morgan fingerprint density at radius 3 is 2.23 bits per heavy atom. The molecule has 0 spiro atoms. The van der Waals surface area contributed by atoms with Crippen molar-refractivity contribution < 1.29 is 4.79 Å². The molecule has 0 saturated carbocycles. The zero-order valence-corrected chi connectivity index (χ0v) is 10.1. The summed E-state index contributed by atoms with van der Waals surface area (Å²) in [4.78, 5) is 11.0. The number of anilines is 1. The number of rotatable bonds is 1. The summed E-state index contributed by atoms with van der Waals surface area (Å²) >= 11 is 6.65. The highest BCUT2D eigenvalue weighted by atomic mass is 79.9. The van der Waals surface area contributed by atoms with Crippen molar-refractivity contribution in [1.82, 2.24) is 5.32 Å². The van der Waals surface area contributed by atoms with Gasteiger partial charge < -0.3 is 10.6 Å². The maximum atomic E-state index is 11.0. The predicted molar refractivity (Wildman–Crippen MR) is 59.9 cm³/mol. The molecule has 0 radical (unpaired) electrons. The van der Waals surface area contributed by atoms with Gasteiger partial charge in [0.1, 0.15) is 0 Å². The SMILES string of the molecule is CNC(=O)Nc1cc(Br)cc(Br)c1. The lowest BCUT2D eigenvalue weighted by molar-refractivity contribution is 0.254. The lowest BCUT2D eigenvalue weighted by Crippen LogP contribution is -2.24. The first-order valence-corrected chi connectivity index (χ1v) is 5.15. The Labute approximate surface area is 93.2 Å². The van der Waals surface area contributed by atoms with E-state index in [9.17, 15) is 4.79 Å². The van der Waals surface area contributed by atoms with Crippen molar-refractivity contribution in [3.05, 3.63) is 27.1 Å². The summed E-state index contributed by atoms with van der Waals surface area (Å²) in [5, 5.41) is 5.13. The molecule has 5 heteroatoms. The van der Waals surface area contributed by atoms with Crippen molar-refractivity contribution in [3.8, 4) is 0 Å². The summed E-state index contributed by atoms with van der Waals surface area (Å²) in [6, 6.07) is 5.31. The highest BCUT2D eigenvalue weighted by Crippen LogP contribution is 2.22. The number of hydrogen-bond acceptors (Lipinski definition) is 1. The van der Waals surface area contributed by atoms with Gasteiger partial charge in [-0.05, 0) is 18.2 Å². The first kappa shape index (κ1) is 10.5. The Morgan fingerprint density at radius 1 is 1.23 bits per heavy atom. The lowest BCUT2D eigenvalue weighted by Gasteiger charge is -2.05. The number of hydrogen-bond donors (Lipinski definition) is 2. The van der Waals surface area contributed by atoms with Crippen molar-refractivity contribution in [2.24, 2.45) is 0 Å². The van der Waals surface area contributed by atoms with Crippen LogP contribution in [-0.2, 0) is 0 Å². The van der Waals surface area contributed by atoms with Crippen LogP contribution in [0.5, 0.6) is 0 Å². The molecule has 0 heterocycles. The van der Waals surface area contributed by atoms with Crippen molar-refractivity contribution in [2.75, 3.05) is 12.4 Å². The third kappa shape index (κ3) is 3.36. The van der Waals surface area contributed by atoms with E-state index in [0.717, 1.165) is 14.6 Å². The largest absolute Gasteiger partial charge is 0.341 e. The lowest BCUT2D eigenvalue weighted by atomic mass is 10.3. The Hall–Kier alpha value is -0.550. The fourth-order valence-corrected chi connectivity index (χ4v) is 2.11. The average molecular weight is 308 g/mol. The molecule has 0 aliphatic rings. The molecule has 0 unspecified atom stereocenters. The van der Waals surface area contributed by atoms with Gasteiger partial charge in [0.2, 0.25) is 0 Å². The van der Waals surface area contributed by atoms with Gasteiger partial charge in [-0.2, -0.15) is 0 Å². The van der Waals surface area contributed by atoms with Gasteiger partial charge in [-0.15, -0.1) is 0 Å². The molecule has 0 aliphatic heterocycles. The number of benzene rings is 1. The Bertz CT molecular complexity index is 308. The highest BCUT2D eigenvalue weighted by Gasteiger charge is 2.00. The van der Waals surface area contributed by atoms with Crippen LogP contribution < -0.4 is 10.6 Å². The number of halogens is 2. The summed E-state index contributed by atoms with van der Waals surface area (Å²) in [7, 11) is 1.57. The van der Waals surface area contributed by atoms with Crippen LogP contribution in [0, 0.1) is 0 Å². The second-order valence-corrected chi connectivity index (χ2v) is 4.19. The molecule has 13 heavy (non-hydrogen) atoms. The number of nitrogens with one attached hydrogen (secondary N) is 2. The smallest absolute Gasteiger partial charge is 0.318 e. The quantitative estimate of drug-likeness (QED) is 0.823.